The van der Waals surface area contributed by atoms with Crippen molar-refractivity contribution in [3.8, 4) is 0 Å². The van der Waals surface area contributed by atoms with Crippen molar-refractivity contribution in [3.05, 3.63) is 48.5 Å². The van der Waals surface area contributed by atoms with Crippen LogP contribution in [0.2, 0.25) is 0 Å². The van der Waals surface area contributed by atoms with Crippen LogP contribution in [0.4, 0.5) is 0 Å². The van der Waals surface area contributed by atoms with Crippen molar-refractivity contribution in [2.75, 3.05) is 0 Å². The molecule has 134 valence electrons. The van der Waals surface area contributed by atoms with Crippen LogP contribution >= 0.6 is 0 Å². The maximum absolute atomic E-state index is 2.37. The van der Waals surface area contributed by atoms with Crippen LogP contribution in [0.3, 0.4) is 0 Å². The number of para-hydroxylation sites is 2. The standard InChI is InChI=1S/C14H13N.C5H12.2C2H6/c1-2-15-13-9-5-3-7-11(13)12-8-4-6-10-14(12)15;1-4-5(2)3;2*1-2/h3-10H,2H2,1H3;5H,4H2,1-3H3;2*1-2H3. The van der Waals surface area contributed by atoms with Crippen LogP contribution in [0, 0.1) is 5.92 Å². The molecule has 0 aliphatic rings. The highest BCUT2D eigenvalue weighted by molar-refractivity contribution is 6.07. The third-order valence-electron chi connectivity index (χ3n) is 3.81. The Morgan fingerprint density at radius 2 is 1.04 bits per heavy atom. The second-order valence-corrected chi connectivity index (χ2v) is 5.58. The topological polar surface area (TPSA) is 4.93 Å². The molecule has 0 radical (unpaired) electrons. The number of aromatic nitrogens is 1. The van der Waals surface area contributed by atoms with E-state index in [0.717, 1.165) is 12.5 Å². The molecule has 1 aromatic heterocycles. The van der Waals surface area contributed by atoms with Gasteiger partial charge in [0.25, 0.3) is 0 Å². The maximum atomic E-state index is 2.37. The van der Waals surface area contributed by atoms with Gasteiger partial charge in [0, 0.05) is 28.4 Å². The Hall–Kier alpha value is -1.76. The summed E-state index contributed by atoms with van der Waals surface area (Å²) >= 11 is 0. The lowest BCUT2D eigenvalue weighted by molar-refractivity contribution is 0.626. The Kier molecular flexibility index (Phi) is 11.7. The Bertz CT molecular complexity index is 623. The van der Waals surface area contributed by atoms with Gasteiger partial charge in [-0.25, -0.2) is 0 Å². The van der Waals surface area contributed by atoms with Gasteiger partial charge in [-0.15, -0.1) is 0 Å². The smallest absolute Gasteiger partial charge is 0.0491 e. The van der Waals surface area contributed by atoms with Crippen molar-refractivity contribution < 1.29 is 0 Å². The summed E-state index contributed by atoms with van der Waals surface area (Å²) in [6.07, 6.45) is 1.31. The van der Waals surface area contributed by atoms with E-state index in [1.807, 2.05) is 27.7 Å². The molecule has 0 aliphatic heterocycles. The lowest BCUT2D eigenvalue weighted by Crippen LogP contribution is -1.91. The number of nitrogens with zero attached hydrogens (tertiary/aromatic N) is 1. The van der Waals surface area contributed by atoms with Gasteiger partial charge in [0.15, 0.2) is 0 Å². The molecule has 1 heterocycles. The predicted molar refractivity (Wildman–Crippen MR) is 113 cm³/mol. The summed E-state index contributed by atoms with van der Waals surface area (Å²) in [5.74, 6) is 0.884. The van der Waals surface area contributed by atoms with Crippen molar-refractivity contribution in [1.82, 2.24) is 4.57 Å². The molecule has 0 bridgehead atoms. The van der Waals surface area contributed by atoms with Gasteiger partial charge in [0.1, 0.15) is 0 Å². The molecule has 0 N–H and O–H groups in total. The first kappa shape index (κ1) is 22.2. The average Bonchev–Trinajstić information content (AvgIpc) is 2.99. The van der Waals surface area contributed by atoms with Gasteiger partial charge >= 0.3 is 0 Å². The lowest BCUT2D eigenvalue weighted by Gasteiger charge is -2.01. The van der Waals surface area contributed by atoms with E-state index in [9.17, 15) is 0 Å². The Labute approximate surface area is 149 Å². The Morgan fingerprint density at radius 3 is 1.33 bits per heavy atom. The summed E-state index contributed by atoms with van der Waals surface area (Å²) in [6, 6.07) is 17.2. The van der Waals surface area contributed by atoms with E-state index in [1.165, 1.54) is 28.2 Å². The molecule has 0 saturated carbocycles. The first-order valence-electron chi connectivity index (χ1n) is 9.65. The Morgan fingerprint density at radius 1 is 0.708 bits per heavy atom. The third-order valence-corrected chi connectivity index (χ3v) is 3.81. The minimum Gasteiger partial charge on any atom is -0.341 e. The highest BCUT2D eigenvalue weighted by Gasteiger charge is 2.06. The van der Waals surface area contributed by atoms with Gasteiger partial charge in [-0.3, -0.25) is 0 Å². The monoisotopic (exact) mass is 327 g/mol. The third kappa shape index (κ3) is 5.70. The number of fused-ring (bicyclic) bond motifs is 3. The van der Waals surface area contributed by atoms with E-state index < -0.39 is 0 Å². The molecule has 0 amide bonds. The molecule has 3 aromatic rings. The van der Waals surface area contributed by atoms with Crippen LogP contribution < -0.4 is 0 Å². The summed E-state index contributed by atoms with van der Waals surface area (Å²) in [5.41, 5.74) is 2.67. The number of benzene rings is 2. The fraction of sp³-hybridized carbons (Fsp3) is 0.478. The van der Waals surface area contributed by atoms with E-state index >= 15 is 0 Å². The highest BCUT2D eigenvalue weighted by Crippen LogP contribution is 2.28. The summed E-state index contributed by atoms with van der Waals surface area (Å²) in [4.78, 5) is 0. The Balaban J connectivity index is 0.000000504. The number of hydrogen-bond donors (Lipinski definition) is 0. The van der Waals surface area contributed by atoms with Crippen LogP contribution in [0.1, 0.15) is 61.8 Å². The normalized spacial score (nSPS) is 9.54. The van der Waals surface area contributed by atoms with Crippen LogP contribution in [-0.4, -0.2) is 4.57 Å². The zero-order valence-corrected chi connectivity index (χ0v) is 17.1. The van der Waals surface area contributed by atoms with Gasteiger partial charge in [0.2, 0.25) is 0 Å². The highest BCUT2D eigenvalue weighted by atomic mass is 15.0. The van der Waals surface area contributed by atoms with E-state index in [0.29, 0.717) is 0 Å². The van der Waals surface area contributed by atoms with Crippen molar-refractivity contribution in [1.29, 1.82) is 0 Å². The summed E-state index contributed by atoms with van der Waals surface area (Å²) < 4.78 is 2.37. The molecule has 0 fully saturated rings. The molecule has 0 saturated heterocycles. The minimum absolute atomic E-state index is 0.884. The quantitative estimate of drug-likeness (QED) is 0.450. The van der Waals surface area contributed by atoms with E-state index in [-0.39, 0.29) is 0 Å². The van der Waals surface area contributed by atoms with Crippen molar-refractivity contribution in [2.24, 2.45) is 5.92 Å². The first-order valence-corrected chi connectivity index (χ1v) is 9.65. The molecule has 3 rings (SSSR count). The van der Waals surface area contributed by atoms with Crippen LogP contribution in [0.15, 0.2) is 48.5 Å². The zero-order chi connectivity index (χ0) is 18.5. The molecule has 2 aromatic carbocycles. The molecule has 24 heavy (non-hydrogen) atoms. The summed E-state index contributed by atoms with van der Waals surface area (Å²) in [5, 5.41) is 2.71. The van der Waals surface area contributed by atoms with E-state index in [1.54, 1.807) is 0 Å². The molecule has 0 atom stereocenters. The maximum Gasteiger partial charge on any atom is 0.0491 e. The number of rotatable bonds is 2. The van der Waals surface area contributed by atoms with Crippen molar-refractivity contribution in [3.63, 3.8) is 0 Å². The van der Waals surface area contributed by atoms with Crippen molar-refractivity contribution in [2.45, 2.75) is 68.4 Å². The second-order valence-electron chi connectivity index (χ2n) is 5.58. The fourth-order valence-corrected chi connectivity index (χ4v) is 2.34. The van der Waals surface area contributed by atoms with E-state index in [4.69, 9.17) is 0 Å². The molecule has 0 aliphatic carbocycles. The minimum atomic E-state index is 0.884. The van der Waals surface area contributed by atoms with Gasteiger partial charge in [0.05, 0.1) is 0 Å². The van der Waals surface area contributed by atoms with Crippen LogP contribution in [0.5, 0.6) is 0 Å². The van der Waals surface area contributed by atoms with Crippen molar-refractivity contribution >= 4 is 21.8 Å². The van der Waals surface area contributed by atoms with Gasteiger partial charge < -0.3 is 4.57 Å². The molecular weight excluding hydrogens is 290 g/mol. The molecule has 0 spiro atoms. The molecular formula is C23H37N. The summed E-state index contributed by atoms with van der Waals surface area (Å²) in [7, 11) is 0. The largest absolute Gasteiger partial charge is 0.341 e. The predicted octanol–water partition coefficient (Wildman–Crippen LogP) is 7.92. The van der Waals surface area contributed by atoms with E-state index in [2.05, 4.69) is 80.8 Å². The second kappa shape index (κ2) is 12.6. The van der Waals surface area contributed by atoms with Gasteiger partial charge in [-0.1, -0.05) is 91.3 Å². The zero-order valence-electron chi connectivity index (χ0n) is 17.1. The molecule has 1 nitrogen and oxygen atoms in total. The van der Waals surface area contributed by atoms with Gasteiger partial charge in [-0.2, -0.15) is 0 Å². The number of aryl methyl sites for hydroxylation is 1. The molecule has 0 unspecified atom stereocenters. The van der Waals surface area contributed by atoms with Crippen LogP contribution in [0.25, 0.3) is 21.8 Å². The average molecular weight is 328 g/mol. The fourth-order valence-electron chi connectivity index (χ4n) is 2.34. The first-order chi connectivity index (χ1) is 11.7. The number of hydrogen-bond acceptors (Lipinski definition) is 0. The molecule has 1 heteroatoms. The summed E-state index contributed by atoms with van der Waals surface area (Å²) in [6.45, 7) is 17.9. The lowest BCUT2D eigenvalue weighted by atomic mass is 10.2. The van der Waals surface area contributed by atoms with Crippen LogP contribution in [-0.2, 0) is 6.54 Å². The van der Waals surface area contributed by atoms with Gasteiger partial charge in [-0.05, 0) is 25.0 Å². The SMILES string of the molecule is CC.CC.CCC(C)C.CCn1c2ccccc2c2ccccc21.